The number of amides is 1. The van der Waals surface area contributed by atoms with Gasteiger partial charge in [-0.1, -0.05) is 13.8 Å². The predicted octanol–water partition coefficient (Wildman–Crippen LogP) is 1.62. The van der Waals surface area contributed by atoms with Crippen molar-refractivity contribution in [3.63, 3.8) is 0 Å². The van der Waals surface area contributed by atoms with Crippen LogP contribution in [0.4, 0.5) is 5.13 Å². The average Bonchev–Trinajstić information content (AvgIpc) is 3.01. The minimum absolute atomic E-state index is 0.202. The van der Waals surface area contributed by atoms with Gasteiger partial charge in [0.05, 0.1) is 13.2 Å². The molecule has 0 radical (unpaired) electrons. The fourth-order valence-electron chi connectivity index (χ4n) is 2.02. The van der Waals surface area contributed by atoms with E-state index in [2.05, 4.69) is 24.1 Å². The Kier molecular flexibility index (Phi) is 6.79. The van der Waals surface area contributed by atoms with E-state index >= 15 is 0 Å². The predicted molar refractivity (Wildman–Crippen MR) is 87.7 cm³/mol. The number of nitrogens with zero attached hydrogens (tertiary/aromatic N) is 2. The number of rotatable bonds is 7. The lowest BCUT2D eigenvalue weighted by molar-refractivity contribution is -0.138. The van der Waals surface area contributed by atoms with Gasteiger partial charge in [0.25, 0.3) is 5.91 Å². The molecule has 0 unspecified atom stereocenters. The van der Waals surface area contributed by atoms with Crippen molar-refractivity contribution in [1.29, 1.82) is 0 Å². The first-order valence-electron chi connectivity index (χ1n) is 7.78. The molecule has 1 fully saturated rings. The number of nitrogens with one attached hydrogen (secondary N) is 1. The second-order valence-electron chi connectivity index (χ2n) is 5.72. The van der Waals surface area contributed by atoms with E-state index in [-0.39, 0.29) is 18.2 Å². The lowest BCUT2D eigenvalue weighted by Gasteiger charge is -2.26. The fourth-order valence-corrected chi connectivity index (χ4v) is 2.73. The molecule has 0 saturated carbocycles. The Morgan fingerprint density at radius 2 is 2.17 bits per heavy atom. The van der Waals surface area contributed by atoms with Crippen LogP contribution in [0.5, 0.6) is 0 Å². The molecule has 1 saturated heterocycles. The Morgan fingerprint density at radius 1 is 1.43 bits per heavy atom. The van der Waals surface area contributed by atoms with Gasteiger partial charge in [0.2, 0.25) is 0 Å². The molecule has 1 aromatic heterocycles. The summed E-state index contributed by atoms with van der Waals surface area (Å²) >= 11 is 1.36. The average molecular weight is 341 g/mol. The largest absolute Gasteiger partial charge is 0.451 e. The number of ether oxygens (including phenoxy) is 2. The third-order valence-corrected chi connectivity index (χ3v) is 4.20. The molecule has 2 rings (SSSR count). The van der Waals surface area contributed by atoms with E-state index in [0.717, 1.165) is 13.0 Å². The molecule has 0 atom stereocenters. The lowest BCUT2D eigenvalue weighted by atomic mass is 10.1. The molecule has 0 bridgehead atoms. The maximum Gasteiger partial charge on any atom is 0.358 e. The monoisotopic (exact) mass is 341 g/mol. The van der Waals surface area contributed by atoms with Crippen molar-refractivity contribution >= 4 is 28.3 Å². The normalized spacial score (nSPS) is 14.8. The Balaban J connectivity index is 1.74. The molecule has 1 aromatic rings. The molecule has 1 aliphatic heterocycles. The van der Waals surface area contributed by atoms with Crippen molar-refractivity contribution in [3.05, 3.63) is 11.1 Å². The van der Waals surface area contributed by atoms with Crippen molar-refractivity contribution < 1.29 is 19.1 Å². The van der Waals surface area contributed by atoms with Crippen LogP contribution in [0.25, 0.3) is 0 Å². The van der Waals surface area contributed by atoms with Crippen LogP contribution in [0.2, 0.25) is 0 Å². The minimum atomic E-state index is -0.570. The first-order valence-corrected chi connectivity index (χ1v) is 8.66. The first kappa shape index (κ1) is 17.7. The van der Waals surface area contributed by atoms with E-state index in [0.29, 0.717) is 37.4 Å². The highest BCUT2D eigenvalue weighted by Crippen LogP contribution is 2.16. The smallest absolute Gasteiger partial charge is 0.358 e. The SMILES string of the molecule is CC(C)CCNc1nc(C(=O)OCC(=O)N2CCOCC2)cs1. The van der Waals surface area contributed by atoms with Gasteiger partial charge in [-0.3, -0.25) is 4.79 Å². The van der Waals surface area contributed by atoms with Gasteiger partial charge in [-0.05, 0) is 12.3 Å². The molecule has 7 nitrogen and oxygen atoms in total. The maximum atomic E-state index is 11.9. The van der Waals surface area contributed by atoms with Crippen molar-refractivity contribution in [2.24, 2.45) is 5.92 Å². The van der Waals surface area contributed by atoms with E-state index in [9.17, 15) is 9.59 Å². The highest BCUT2D eigenvalue weighted by molar-refractivity contribution is 7.13. The number of hydrogen-bond acceptors (Lipinski definition) is 7. The fraction of sp³-hybridized carbons (Fsp3) is 0.667. The second kappa shape index (κ2) is 8.83. The van der Waals surface area contributed by atoms with Gasteiger partial charge in [0.15, 0.2) is 17.4 Å². The van der Waals surface area contributed by atoms with Gasteiger partial charge in [-0.15, -0.1) is 11.3 Å². The lowest BCUT2D eigenvalue weighted by Crippen LogP contribution is -2.42. The summed E-state index contributed by atoms with van der Waals surface area (Å²) in [5.74, 6) is -0.162. The Morgan fingerprint density at radius 3 is 2.87 bits per heavy atom. The number of esters is 1. The van der Waals surface area contributed by atoms with Crippen molar-refractivity contribution in [2.45, 2.75) is 20.3 Å². The van der Waals surface area contributed by atoms with Crippen LogP contribution in [0.15, 0.2) is 5.38 Å². The molecule has 8 heteroatoms. The summed E-state index contributed by atoms with van der Waals surface area (Å²) in [6.45, 7) is 6.99. The summed E-state index contributed by atoms with van der Waals surface area (Å²) in [5, 5.41) is 5.51. The number of carbonyl (C=O) groups is 2. The zero-order valence-electron chi connectivity index (χ0n) is 13.5. The summed E-state index contributed by atoms with van der Waals surface area (Å²) in [4.78, 5) is 29.7. The molecule has 1 aliphatic rings. The van der Waals surface area contributed by atoms with E-state index in [1.165, 1.54) is 11.3 Å². The number of aromatic nitrogens is 1. The first-order chi connectivity index (χ1) is 11.1. The third kappa shape index (κ3) is 5.80. The standard InChI is InChI=1S/C15H23N3O4S/c1-11(2)3-4-16-15-17-12(10-23-15)14(20)22-9-13(19)18-5-7-21-8-6-18/h10-11H,3-9H2,1-2H3,(H,16,17). The highest BCUT2D eigenvalue weighted by atomic mass is 32.1. The Labute approximate surface area is 140 Å². The van der Waals surface area contributed by atoms with Crippen LogP contribution in [0, 0.1) is 5.92 Å². The number of hydrogen-bond donors (Lipinski definition) is 1. The van der Waals surface area contributed by atoms with Crippen LogP contribution in [-0.2, 0) is 14.3 Å². The van der Waals surface area contributed by atoms with Gasteiger partial charge in [-0.25, -0.2) is 9.78 Å². The quantitative estimate of drug-likeness (QED) is 0.759. The van der Waals surface area contributed by atoms with Gasteiger partial charge in [-0.2, -0.15) is 0 Å². The second-order valence-corrected chi connectivity index (χ2v) is 6.57. The molecule has 1 amide bonds. The molecule has 0 spiro atoms. The molecule has 0 aromatic carbocycles. The van der Waals surface area contributed by atoms with Crippen molar-refractivity contribution in [1.82, 2.24) is 9.88 Å². The van der Waals surface area contributed by atoms with E-state index in [1.54, 1.807) is 10.3 Å². The topological polar surface area (TPSA) is 80.8 Å². The molecule has 23 heavy (non-hydrogen) atoms. The zero-order valence-corrected chi connectivity index (χ0v) is 14.4. The molecular formula is C15H23N3O4S. The third-order valence-electron chi connectivity index (χ3n) is 3.40. The molecule has 1 N–H and O–H groups in total. The summed E-state index contributed by atoms with van der Waals surface area (Å²) in [6.07, 6.45) is 1.04. The Bertz CT molecular complexity index is 527. The number of carbonyl (C=O) groups excluding carboxylic acids is 2. The van der Waals surface area contributed by atoms with Crippen LogP contribution < -0.4 is 5.32 Å². The zero-order chi connectivity index (χ0) is 16.7. The minimum Gasteiger partial charge on any atom is -0.451 e. The van der Waals surface area contributed by atoms with E-state index < -0.39 is 5.97 Å². The highest BCUT2D eigenvalue weighted by Gasteiger charge is 2.19. The van der Waals surface area contributed by atoms with Gasteiger partial charge < -0.3 is 19.7 Å². The van der Waals surface area contributed by atoms with Crippen molar-refractivity contribution in [2.75, 3.05) is 44.8 Å². The van der Waals surface area contributed by atoms with Gasteiger partial charge >= 0.3 is 5.97 Å². The molecule has 0 aliphatic carbocycles. The van der Waals surface area contributed by atoms with E-state index in [1.807, 2.05) is 0 Å². The Hall–Kier alpha value is -1.67. The molecule has 2 heterocycles. The van der Waals surface area contributed by atoms with Crippen molar-refractivity contribution in [3.8, 4) is 0 Å². The number of thiazole rings is 1. The van der Waals surface area contributed by atoms with Gasteiger partial charge in [0, 0.05) is 25.0 Å². The van der Waals surface area contributed by atoms with Crippen LogP contribution in [0.3, 0.4) is 0 Å². The summed E-state index contributed by atoms with van der Waals surface area (Å²) in [7, 11) is 0. The number of morpholine rings is 1. The van der Waals surface area contributed by atoms with Crippen LogP contribution >= 0.6 is 11.3 Å². The van der Waals surface area contributed by atoms with Crippen LogP contribution in [-0.4, -0.2) is 61.2 Å². The van der Waals surface area contributed by atoms with Gasteiger partial charge in [0.1, 0.15) is 0 Å². The maximum absolute atomic E-state index is 11.9. The number of anilines is 1. The summed E-state index contributed by atoms with van der Waals surface area (Å²) in [6, 6.07) is 0. The van der Waals surface area contributed by atoms with Crippen LogP contribution in [0.1, 0.15) is 30.8 Å². The molecular weight excluding hydrogens is 318 g/mol. The van der Waals surface area contributed by atoms with E-state index in [4.69, 9.17) is 9.47 Å². The molecule has 128 valence electrons. The summed E-state index contributed by atoms with van der Waals surface area (Å²) in [5.41, 5.74) is 0.233. The summed E-state index contributed by atoms with van der Waals surface area (Å²) < 4.78 is 10.2.